The lowest BCUT2D eigenvalue weighted by atomic mass is 9.68. The molecule has 1 aromatic heterocycles. The van der Waals surface area contributed by atoms with Gasteiger partial charge in [0.1, 0.15) is 10.6 Å². The second kappa shape index (κ2) is 7.54. The number of hydrogen-bond acceptors (Lipinski definition) is 4. The highest BCUT2D eigenvalue weighted by Gasteiger charge is 2.67. The molecule has 3 aliphatic rings. The van der Waals surface area contributed by atoms with Crippen LogP contribution in [0.25, 0.3) is 0 Å². The molecule has 0 aliphatic heterocycles. The minimum Gasteiger partial charge on any atom is -0.296 e. The van der Waals surface area contributed by atoms with Gasteiger partial charge in [-0.05, 0) is 85.8 Å². The number of carbonyl (C=O) groups is 1. The fraction of sp³-hybridized carbons (Fsp3) is 0.538. The fourth-order valence-electron chi connectivity index (χ4n) is 5.14. The maximum Gasteiger partial charge on any atom is 0.233 e. The molecule has 0 unspecified atom stereocenters. The molecule has 1 spiro atoms. The Morgan fingerprint density at radius 2 is 1.73 bits per heavy atom. The van der Waals surface area contributed by atoms with E-state index in [9.17, 15) is 13.2 Å². The third kappa shape index (κ3) is 3.99. The number of benzene rings is 1. The van der Waals surface area contributed by atoms with Gasteiger partial charge >= 0.3 is 0 Å². The van der Waals surface area contributed by atoms with Crippen molar-refractivity contribution in [3.8, 4) is 0 Å². The average molecular weight is 487 g/mol. The SMILES string of the molecule is CC(C)(C)C(=O)N(CC1CC1)c1ccc(C2(S(=O)(=O)c3ccc(Cl)cc3)CC3(CC3)C2)cn1. The van der Waals surface area contributed by atoms with E-state index < -0.39 is 20.0 Å². The molecule has 0 bridgehead atoms. The summed E-state index contributed by atoms with van der Waals surface area (Å²) >= 11 is 6.00. The number of anilines is 1. The van der Waals surface area contributed by atoms with Crippen molar-refractivity contribution in [3.05, 3.63) is 53.2 Å². The molecule has 3 saturated carbocycles. The minimum atomic E-state index is -3.63. The van der Waals surface area contributed by atoms with Crippen LogP contribution in [0.3, 0.4) is 0 Å². The van der Waals surface area contributed by atoms with Crippen LogP contribution in [-0.2, 0) is 19.4 Å². The number of nitrogens with zero attached hydrogens (tertiary/aromatic N) is 2. The van der Waals surface area contributed by atoms with Crippen LogP contribution in [0.4, 0.5) is 5.82 Å². The monoisotopic (exact) mass is 486 g/mol. The van der Waals surface area contributed by atoms with Crippen LogP contribution in [0.1, 0.15) is 64.9 Å². The van der Waals surface area contributed by atoms with Crippen LogP contribution in [-0.4, -0.2) is 25.9 Å². The normalized spacial score (nSPS) is 20.8. The number of carbonyl (C=O) groups excluding carboxylic acids is 1. The molecule has 176 valence electrons. The summed E-state index contributed by atoms with van der Waals surface area (Å²) in [6.07, 6.45) is 7.38. The molecule has 0 radical (unpaired) electrons. The van der Waals surface area contributed by atoms with Crippen LogP contribution in [0.2, 0.25) is 5.02 Å². The zero-order chi connectivity index (χ0) is 23.6. The van der Waals surface area contributed by atoms with Crippen LogP contribution in [0.5, 0.6) is 0 Å². The molecule has 3 fully saturated rings. The lowest BCUT2D eigenvalue weighted by Crippen LogP contribution is -2.49. The molecule has 0 atom stereocenters. The van der Waals surface area contributed by atoms with E-state index in [4.69, 9.17) is 11.6 Å². The molecular formula is C26H31ClN2O3S. The molecule has 1 heterocycles. The van der Waals surface area contributed by atoms with Gasteiger partial charge in [0.05, 0.1) is 4.90 Å². The first-order chi connectivity index (χ1) is 15.5. The summed E-state index contributed by atoms with van der Waals surface area (Å²) in [5.74, 6) is 1.17. The molecule has 7 heteroatoms. The third-order valence-electron chi connectivity index (χ3n) is 7.49. The summed E-state index contributed by atoms with van der Waals surface area (Å²) < 4.78 is 26.7. The number of rotatable bonds is 6. The largest absolute Gasteiger partial charge is 0.296 e. The highest BCUT2D eigenvalue weighted by Crippen LogP contribution is 2.71. The van der Waals surface area contributed by atoms with E-state index in [0.29, 0.717) is 46.6 Å². The molecule has 5 nitrogen and oxygen atoms in total. The van der Waals surface area contributed by atoms with Gasteiger partial charge < -0.3 is 0 Å². The Morgan fingerprint density at radius 1 is 1.09 bits per heavy atom. The van der Waals surface area contributed by atoms with Gasteiger partial charge in [0.15, 0.2) is 9.84 Å². The van der Waals surface area contributed by atoms with Gasteiger partial charge in [-0.1, -0.05) is 38.4 Å². The maximum atomic E-state index is 13.8. The van der Waals surface area contributed by atoms with E-state index in [1.165, 1.54) is 0 Å². The summed E-state index contributed by atoms with van der Waals surface area (Å²) in [6, 6.07) is 10.2. The molecule has 33 heavy (non-hydrogen) atoms. The molecule has 0 saturated heterocycles. The number of aromatic nitrogens is 1. The number of pyridine rings is 1. The Morgan fingerprint density at radius 3 is 2.21 bits per heavy atom. The first-order valence-electron chi connectivity index (χ1n) is 11.7. The van der Waals surface area contributed by atoms with Crippen LogP contribution in [0, 0.1) is 16.7 Å². The summed E-state index contributed by atoms with van der Waals surface area (Å²) in [7, 11) is -3.63. The number of hydrogen-bond donors (Lipinski definition) is 0. The van der Waals surface area contributed by atoms with E-state index in [2.05, 4.69) is 4.98 Å². The predicted molar refractivity (Wildman–Crippen MR) is 130 cm³/mol. The quantitative estimate of drug-likeness (QED) is 0.520. The Hall–Kier alpha value is -1.92. The zero-order valence-corrected chi connectivity index (χ0v) is 21.0. The van der Waals surface area contributed by atoms with Crippen molar-refractivity contribution < 1.29 is 13.2 Å². The maximum absolute atomic E-state index is 13.8. The summed E-state index contributed by atoms with van der Waals surface area (Å²) in [5, 5.41) is 0.514. The fourth-order valence-corrected chi connectivity index (χ4v) is 7.63. The van der Waals surface area contributed by atoms with E-state index >= 15 is 0 Å². The molecule has 0 N–H and O–H groups in total. The Kier molecular flexibility index (Phi) is 5.22. The van der Waals surface area contributed by atoms with Crippen molar-refractivity contribution in [3.63, 3.8) is 0 Å². The molecule has 1 aromatic carbocycles. The van der Waals surface area contributed by atoms with Gasteiger partial charge in [-0.15, -0.1) is 0 Å². The highest BCUT2D eigenvalue weighted by molar-refractivity contribution is 7.92. The summed E-state index contributed by atoms with van der Waals surface area (Å²) in [6.45, 7) is 6.42. The number of halogens is 1. The van der Waals surface area contributed by atoms with Crippen molar-refractivity contribution in [2.75, 3.05) is 11.4 Å². The van der Waals surface area contributed by atoms with Gasteiger partial charge in [0, 0.05) is 23.2 Å². The van der Waals surface area contributed by atoms with Crippen molar-refractivity contribution >= 4 is 33.2 Å². The second-order valence-electron chi connectivity index (χ2n) is 11.3. The van der Waals surface area contributed by atoms with Gasteiger partial charge in [-0.2, -0.15) is 0 Å². The molecule has 1 amide bonds. The van der Waals surface area contributed by atoms with E-state index in [1.807, 2.05) is 32.9 Å². The van der Waals surface area contributed by atoms with Gasteiger partial charge in [-0.25, -0.2) is 13.4 Å². The van der Waals surface area contributed by atoms with Crippen LogP contribution in [0.15, 0.2) is 47.5 Å². The number of amides is 1. The predicted octanol–water partition coefficient (Wildman–Crippen LogP) is 5.77. The first kappa shape index (κ1) is 22.9. The lowest BCUT2D eigenvalue weighted by Gasteiger charge is -2.48. The summed E-state index contributed by atoms with van der Waals surface area (Å²) in [5.41, 5.74) is 0.368. The molecular weight excluding hydrogens is 456 g/mol. The smallest absolute Gasteiger partial charge is 0.233 e. The van der Waals surface area contributed by atoms with E-state index in [1.54, 1.807) is 35.4 Å². The molecule has 3 aliphatic carbocycles. The standard InChI is InChI=1S/C26H31ClN2O3S/c1-24(2,3)23(30)29(15-18-4-5-18)22-11-6-19(14-28-22)26(16-25(17-26)12-13-25)33(31,32)21-9-7-20(27)8-10-21/h6-11,14,18H,4-5,12-13,15-17H2,1-3H3. The van der Waals surface area contributed by atoms with Gasteiger partial charge in [-0.3, -0.25) is 9.69 Å². The van der Waals surface area contributed by atoms with Crippen molar-refractivity contribution in [2.45, 2.75) is 68.9 Å². The van der Waals surface area contributed by atoms with Gasteiger partial charge in [0.2, 0.25) is 5.91 Å². The highest BCUT2D eigenvalue weighted by atomic mass is 35.5. The Balaban J connectivity index is 1.50. The van der Waals surface area contributed by atoms with Crippen LogP contribution < -0.4 is 4.90 Å². The van der Waals surface area contributed by atoms with E-state index in [-0.39, 0.29) is 11.3 Å². The van der Waals surface area contributed by atoms with Gasteiger partial charge in [0.25, 0.3) is 0 Å². The van der Waals surface area contributed by atoms with Crippen molar-refractivity contribution in [1.82, 2.24) is 4.98 Å². The Bertz CT molecular complexity index is 1170. The zero-order valence-electron chi connectivity index (χ0n) is 19.5. The third-order valence-corrected chi connectivity index (χ3v) is 10.2. The first-order valence-corrected chi connectivity index (χ1v) is 13.6. The van der Waals surface area contributed by atoms with Crippen molar-refractivity contribution in [1.29, 1.82) is 0 Å². The average Bonchev–Trinajstić information content (AvgIpc) is 3.65. The molecule has 2 aromatic rings. The Labute approximate surface area is 201 Å². The number of sulfone groups is 1. The van der Waals surface area contributed by atoms with Crippen molar-refractivity contribution in [2.24, 2.45) is 16.7 Å². The topological polar surface area (TPSA) is 67.3 Å². The minimum absolute atomic E-state index is 0.0405. The lowest BCUT2D eigenvalue weighted by molar-refractivity contribution is -0.125. The summed E-state index contributed by atoms with van der Waals surface area (Å²) in [4.78, 5) is 19.9. The second-order valence-corrected chi connectivity index (χ2v) is 14.0. The molecule has 5 rings (SSSR count). The van der Waals surface area contributed by atoms with Crippen LogP contribution >= 0.6 is 11.6 Å². The van der Waals surface area contributed by atoms with E-state index in [0.717, 1.165) is 25.7 Å².